The zero-order valence-corrected chi connectivity index (χ0v) is 11.3. The number of aliphatic hydroxyl groups excluding tert-OH is 1. The molecule has 1 unspecified atom stereocenters. The van der Waals surface area contributed by atoms with Crippen LogP contribution in [0.3, 0.4) is 0 Å². The molecule has 0 spiro atoms. The maximum absolute atomic E-state index is 10.2. The van der Waals surface area contributed by atoms with Crippen LogP contribution in [0.2, 0.25) is 0 Å². The molecule has 0 amide bonds. The van der Waals surface area contributed by atoms with Crippen LogP contribution in [-0.2, 0) is 13.6 Å². The molecule has 1 heterocycles. The molecular formula is C14H20N4O. The average molecular weight is 260 g/mol. The topological polar surface area (TPSA) is 67.3 Å². The minimum Gasteiger partial charge on any atom is -0.399 e. The third kappa shape index (κ3) is 3.81. The fourth-order valence-corrected chi connectivity index (χ4v) is 2.05. The molecule has 2 aromatic rings. The number of likely N-dealkylation sites (N-methyl/N-ethyl adjacent to an activating group) is 1. The van der Waals surface area contributed by atoms with Crippen molar-refractivity contribution in [2.24, 2.45) is 7.05 Å². The maximum atomic E-state index is 10.2. The minimum absolute atomic E-state index is 0.512. The van der Waals surface area contributed by atoms with Gasteiger partial charge >= 0.3 is 0 Å². The van der Waals surface area contributed by atoms with E-state index in [1.165, 1.54) is 0 Å². The normalized spacial score (nSPS) is 12.8. The lowest BCUT2D eigenvalue weighted by Crippen LogP contribution is -2.24. The van der Waals surface area contributed by atoms with Gasteiger partial charge in [0.25, 0.3) is 0 Å². The number of hydrogen-bond acceptors (Lipinski definition) is 4. The summed E-state index contributed by atoms with van der Waals surface area (Å²) in [5, 5.41) is 14.3. The van der Waals surface area contributed by atoms with Crippen LogP contribution in [0.15, 0.2) is 36.7 Å². The molecule has 5 nitrogen and oxygen atoms in total. The van der Waals surface area contributed by atoms with Crippen LogP contribution in [-0.4, -0.2) is 33.4 Å². The summed E-state index contributed by atoms with van der Waals surface area (Å²) in [7, 11) is 3.88. The van der Waals surface area contributed by atoms with Crippen molar-refractivity contribution in [3.05, 3.63) is 47.8 Å². The van der Waals surface area contributed by atoms with Gasteiger partial charge in [0.1, 0.15) is 0 Å². The van der Waals surface area contributed by atoms with Gasteiger partial charge in [-0.05, 0) is 24.7 Å². The Morgan fingerprint density at radius 3 is 2.63 bits per heavy atom. The minimum atomic E-state index is -0.512. The first-order valence-electron chi connectivity index (χ1n) is 6.24. The van der Waals surface area contributed by atoms with Gasteiger partial charge in [-0.1, -0.05) is 12.1 Å². The van der Waals surface area contributed by atoms with E-state index in [0.717, 1.165) is 17.7 Å². The van der Waals surface area contributed by atoms with Crippen molar-refractivity contribution >= 4 is 5.69 Å². The van der Waals surface area contributed by atoms with Gasteiger partial charge in [-0.25, -0.2) is 0 Å². The maximum Gasteiger partial charge on any atom is 0.0916 e. The molecule has 0 saturated carbocycles. The molecule has 1 aromatic heterocycles. The number of anilines is 1. The first-order valence-corrected chi connectivity index (χ1v) is 6.24. The Balaban J connectivity index is 1.91. The quantitative estimate of drug-likeness (QED) is 0.792. The summed E-state index contributed by atoms with van der Waals surface area (Å²) in [5.41, 5.74) is 8.35. The van der Waals surface area contributed by atoms with Gasteiger partial charge in [0, 0.05) is 37.6 Å². The SMILES string of the molecule is CN(Cc1cnn(C)c1)CC(O)c1ccc(N)cc1. The van der Waals surface area contributed by atoms with Crippen molar-refractivity contribution in [2.45, 2.75) is 12.6 Å². The predicted molar refractivity (Wildman–Crippen MR) is 75.4 cm³/mol. The number of benzene rings is 1. The molecule has 1 aromatic carbocycles. The second-order valence-electron chi connectivity index (χ2n) is 4.90. The number of aromatic nitrogens is 2. The van der Waals surface area contributed by atoms with Crippen LogP contribution in [0.4, 0.5) is 5.69 Å². The molecule has 1 atom stereocenters. The van der Waals surface area contributed by atoms with E-state index >= 15 is 0 Å². The number of nitrogens with zero attached hydrogens (tertiary/aromatic N) is 3. The van der Waals surface area contributed by atoms with E-state index in [0.29, 0.717) is 12.2 Å². The lowest BCUT2D eigenvalue weighted by atomic mass is 10.1. The van der Waals surface area contributed by atoms with Crippen molar-refractivity contribution < 1.29 is 5.11 Å². The molecule has 0 aliphatic carbocycles. The molecular weight excluding hydrogens is 240 g/mol. The van der Waals surface area contributed by atoms with Crippen molar-refractivity contribution in [3.8, 4) is 0 Å². The Morgan fingerprint density at radius 2 is 2.05 bits per heavy atom. The lowest BCUT2D eigenvalue weighted by molar-refractivity contribution is 0.124. The van der Waals surface area contributed by atoms with E-state index < -0.39 is 6.10 Å². The van der Waals surface area contributed by atoms with Gasteiger partial charge < -0.3 is 10.8 Å². The Hall–Kier alpha value is -1.85. The summed E-state index contributed by atoms with van der Waals surface area (Å²) in [6.45, 7) is 1.33. The monoisotopic (exact) mass is 260 g/mol. The first kappa shape index (κ1) is 13.6. The number of nitrogens with two attached hydrogens (primary N) is 1. The van der Waals surface area contributed by atoms with E-state index in [1.807, 2.05) is 38.6 Å². The highest BCUT2D eigenvalue weighted by molar-refractivity contribution is 5.39. The van der Waals surface area contributed by atoms with Gasteiger partial charge in [-0.3, -0.25) is 9.58 Å². The first-order chi connectivity index (χ1) is 9.04. The van der Waals surface area contributed by atoms with Gasteiger partial charge in [0.05, 0.1) is 12.3 Å². The molecule has 0 aliphatic rings. The van der Waals surface area contributed by atoms with Crippen LogP contribution in [0.25, 0.3) is 0 Å². The zero-order chi connectivity index (χ0) is 13.8. The Labute approximate surface area is 113 Å². The summed E-state index contributed by atoms with van der Waals surface area (Å²) >= 11 is 0. The molecule has 102 valence electrons. The van der Waals surface area contributed by atoms with E-state index in [2.05, 4.69) is 10.00 Å². The number of hydrogen-bond donors (Lipinski definition) is 2. The molecule has 0 saturated heterocycles. The van der Waals surface area contributed by atoms with Crippen molar-refractivity contribution in [3.63, 3.8) is 0 Å². The zero-order valence-electron chi connectivity index (χ0n) is 11.3. The number of nitrogen functional groups attached to an aromatic ring is 1. The van der Waals surface area contributed by atoms with Crippen LogP contribution >= 0.6 is 0 Å². The number of aryl methyl sites for hydroxylation is 1. The Kier molecular flexibility index (Phi) is 4.19. The average Bonchev–Trinajstić information content (AvgIpc) is 2.75. The van der Waals surface area contributed by atoms with E-state index in [4.69, 9.17) is 5.73 Å². The summed E-state index contributed by atoms with van der Waals surface area (Å²) in [5.74, 6) is 0. The fraction of sp³-hybridized carbons (Fsp3) is 0.357. The molecule has 2 rings (SSSR count). The number of aliphatic hydroxyl groups is 1. The smallest absolute Gasteiger partial charge is 0.0916 e. The molecule has 0 radical (unpaired) electrons. The van der Waals surface area contributed by atoms with Crippen molar-refractivity contribution in [1.82, 2.24) is 14.7 Å². The molecule has 5 heteroatoms. The highest BCUT2D eigenvalue weighted by atomic mass is 16.3. The Bertz CT molecular complexity index is 520. The summed E-state index contributed by atoms with van der Waals surface area (Å²) in [4.78, 5) is 2.07. The van der Waals surface area contributed by atoms with Crippen LogP contribution in [0.1, 0.15) is 17.2 Å². The molecule has 0 aliphatic heterocycles. The van der Waals surface area contributed by atoms with Crippen LogP contribution in [0, 0.1) is 0 Å². The predicted octanol–water partition coefficient (Wildman–Crippen LogP) is 1.17. The molecule has 19 heavy (non-hydrogen) atoms. The number of rotatable bonds is 5. The highest BCUT2D eigenvalue weighted by Crippen LogP contribution is 2.16. The Morgan fingerprint density at radius 1 is 1.37 bits per heavy atom. The van der Waals surface area contributed by atoms with Crippen LogP contribution < -0.4 is 5.73 Å². The standard InChI is InChI=1S/C14H20N4O/c1-17(8-11-7-16-18(2)9-11)10-14(19)12-3-5-13(15)6-4-12/h3-7,9,14,19H,8,10,15H2,1-2H3. The van der Waals surface area contributed by atoms with Crippen molar-refractivity contribution in [2.75, 3.05) is 19.3 Å². The van der Waals surface area contributed by atoms with Gasteiger partial charge in [0.15, 0.2) is 0 Å². The molecule has 3 N–H and O–H groups in total. The summed E-state index contributed by atoms with van der Waals surface area (Å²) in [6.07, 6.45) is 3.31. The van der Waals surface area contributed by atoms with Gasteiger partial charge in [-0.15, -0.1) is 0 Å². The third-order valence-corrected chi connectivity index (χ3v) is 3.02. The summed E-state index contributed by atoms with van der Waals surface area (Å²) in [6, 6.07) is 7.33. The lowest BCUT2D eigenvalue weighted by Gasteiger charge is -2.20. The van der Waals surface area contributed by atoms with E-state index in [-0.39, 0.29) is 0 Å². The fourth-order valence-electron chi connectivity index (χ4n) is 2.05. The molecule has 0 fully saturated rings. The molecule has 0 bridgehead atoms. The highest BCUT2D eigenvalue weighted by Gasteiger charge is 2.11. The second kappa shape index (κ2) is 5.86. The van der Waals surface area contributed by atoms with Crippen molar-refractivity contribution in [1.29, 1.82) is 0 Å². The third-order valence-electron chi connectivity index (χ3n) is 3.02. The van der Waals surface area contributed by atoms with Crippen LogP contribution in [0.5, 0.6) is 0 Å². The van der Waals surface area contributed by atoms with E-state index in [9.17, 15) is 5.11 Å². The largest absolute Gasteiger partial charge is 0.399 e. The second-order valence-corrected chi connectivity index (χ2v) is 4.90. The van der Waals surface area contributed by atoms with Gasteiger partial charge in [-0.2, -0.15) is 5.10 Å². The summed E-state index contributed by atoms with van der Waals surface area (Å²) < 4.78 is 1.78. The van der Waals surface area contributed by atoms with E-state index in [1.54, 1.807) is 16.8 Å². The van der Waals surface area contributed by atoms with Gasteiger partial charge in [0.2, 0.25) is 0 Å².